The van der Waals surface area contributed by atoms with Crippen LogP contribution >= 0.6 is 0 Å². The Hall–Kier alpha value is -3.60. The lowest BCUT2D eigenvalue weighted by Crippen LogP contribution is -2.53. The normalized spacial score (nSPS) is 12.3. The van der Waals surface area contributed by atoms with E-state index in [1.54, 1.807) is 36.4 Å². The van der Waals surface area contributed by atoms with Crippen LogP contribution in [0, 0.1) is 5.82 Å². The molecule has 1 atom stereocenters. The van der Waals surface area contributed by atoms with Gasteiger partial charge in [0, 0.05) is 32.7 Å². The lowest BCUT2D eigenvalue weighted by Gasteiger charge is -2.33. The van der Waals surface area contributed by atoms with Gasteiger partial charge in [0.1, 0.15) is 11.9 Å². The number of nitrogens with zero attached hydrogens (tertiary/aromatic N) is 2. The molecule has 0 aliphatic carbocycles. The van der Waals surface area contributed by atoms with E-state index in [0.717, 1.165) is 21.7 Å². The molecule has 2 amide bonds. The van der Waals surface area contributed by atoms with E-state index in [1.165, 1.54) is 17.0 Å². The van der Waals surface area contributed by atoms with Crippen molar-refractivity contribution >= 4 is 21.8 Å². The number of sulfonamides is 1. The fourth-order valence-electron chi connectivity index (χ4n) is 4.38. The van der Waals surface area contributed by atoms with Gasteiger partial charge in [0.25, 0.3) is 0 Å². The van der Waals surface area contributed by atoms with Crippen molar-refractivity contribution in [2.75, 3.05) is 26.0 Å². The van der Waals surface area contributed by atoms with E-state index < -0.39 is 34.3 Å². The van der Waals surface area contributed by atoms with Crippen molar-refractivity contribution < 1.29 is 27.1 Å². The molecule has 3 rings (SSSR count). The summed E-state index contributed by atoms with van der Waals surface area (Å²) in [7, 11) is -3.78. The molecule has 0 saturated heterocycles. The maximum Gasteiger partial charge on any atom is 0.243 e. The summed E-state index contributed by atoms with van der Waals surface area (Å²) in [4.78, 5) is 29.1. The molecule has 0 spiro atoms. The van der Waals surface area contributed by atoms with E-state index in [0.29, 0.717) is 25.1 Å². The molecule has 0 aliphatic heterocycles. The Bertz CT molecular complexity index is 1370. The van der Waals surface area contributed by atoms with Crippen LogP contribution in [0.3, 0.4) is 0 Å². The first-order valence-electron chi connectivity index (χ1n) is 14.0. The number of hydrogen-bond donors (Lipinski definition) is 1. The van der Waals surface area contributed by atoms with Crippen molar-refractivity contribution in [3.63, 3.8) is 0 Å². The summed E-state index contributed by atoms with van der Waals surface area (Å²) in [5.41, 5.74) is 2.17. The number of halogens is 1. The van der Waals surface area contributed by atoms with E-state index >= 15 is 0 Å². The Morgan fingerprint density at radius 2 is 1.43 bits per heavy atom. The number of rotatable bonds is 16. The molecule has 1 unspecified atom stereocenters. The maximum absolute atomic E-state index is 14.0. The molecule has 0 bridgehead atoms. The summed E-state index contributed by atoms with van der Waals surface area (Å²) in [6.45, 7) is 4.22. The molecule has 3 aromatic carbocycles. The third kappa shape index (κ3) is 11.0. The standard InChI is InChI=1S/C32H40FN3O5S/c1-25(2)41-20-10-19-34-32(38)30(21-26-11-6-4-7-12-26)36(23-28-15-17-29(33)18-16-28)31(37)24-35(42(3,39)40)22-27-13-8-5-9-14-27/h4-9,11-18,25,30H,10,19-24H2,1-3H3,(H,34,38). The van der Waals surface area contributed by atoms with Gasteiger partial charge in [-0.1, -0.05) is 72.8 Å². The fourth-order valence-corrected chi connectivity index (χ4v) is 5.11. The first-order chi connectivity index (χ1) is 20.0. The van der Waals surface area contributed by atoms with Gasteiger partial charge >= 0.3 is 0 Å². The second-order valence-electron chi connectivity index (χ2n) is 10.4. The third-order valence-corrected chi connectivity index (χ3v) is 7.79. The van der Waals surface area contributed by atoms with Gasteiger partial charge in [0.05, 0.1) is 18.9 Å². The van der Waals surface area contributed by atoms with Crippen molar-refractivity contribution in [3.05, 3.63) is 107 Å². The summed E-state index contributed by atoms with van der Waals surface area (Å²) in [6, 6.07) is 23.0. The maximum atomic E-state index is 14.0. The number of amides is 2. The van der Waals surface area contributed by atoms with Crippen molar-refractivity contribution in [1.29, 1.82) is 0 Å². The molecule has 0 saturated carbocycles. The van der Waals surface area contributed by atoms with Crippen LogP contribution in [0.5, 0.6) is 0 Å². The van der Waals surface area contributed by atoms with Gasteiger partial charge in [0.2, 0.25) is 21.8 Å². The minimum Gasteiger partial charge on any atom is -0.379 e. The zero-order valence-electron chi connectivity index (χ0n) is 24.4. The number of carbonyl (C=O) groups excluding carboxylic acids is 2. The minimum atomic E-state index is -3.78. The minimum absolute atomic E-state index is 0.00119. The highest BCUT2D eigenvalue weighted by Crippen LogP contribution is 2.17. The number of benzene rings is 3. The van der Waals surface area contributed by atoms with Crippen LogP contribution in [0.25, 0.3) is 0 Å². The molecular formula is C32H40FN3O5S. The van der Waals surface area contributed by atoms with Gasteiger partial charge in [-0.05, 0) is 49.1 Å². The van der Waals surface area contributed by atoms with Crippen LogP contribution in [0.1, 0.15) is 37.0 Å². The summed E-state index contributed by atoms with van der Waals surface area (Å²) in [5, 5.41) is 2.93. The molecule has 8 nitrogen and oxygen atoms in total. The van der Waals surface area contributed by atoms with Gasteiger partial charge in [0.15, 0.2) is 0 Å². The van der Waals surface area contributed by atoms with E-state index in [2.05, 4.69) is 5.32 Å². The smallest absolute Gasteiger partial charge is 0.243 e. The highest BCUT2D eigenvalue weighted by Gasteiger charge is 2.32. The Balaban J connectivity index is 1.92. The zero-order valence-corrected chi connectivity index (χ0v) is 25.2. The average Bonchev–Trinajstić information content (AvgIpc) is 2.95. The third-order valence-electron chi connectivity index (χ3n) is 6.59. The molecule has 42 heavy (non-hydrogen) atoms. The van der Waals surface area contributed by atoms with E-state index in [1.807, 2.05) is 50.2 Å². The molecular weight excluding hydrogens is 557 g/mol. The summed E-state index contributed by atoms with van der Waals surface area (Å²) in [5.74, 6) is -1.34. The zero-order chi connectivity index (χ0) is 30.5. The fraction of sp³-hybridized carbons (Fsp3) is 0.375. The first-order valence-corrected chi connectivity index (χ1v) is 15.8. The Morgan fingerprint density at radius 3 is 2.00 bits per heavy atom. The SMILES string of the molecule is CC(C)OCCCNC(=O)C(Cc1ccccc1)N(Cc1ccc(F)cc1)C(=O)CN(Cc1ccccc1)S(C)(=O)=O. The Labute approximate surface area is 248 Å². The summed E-state index contributed by atoms with van der Waals surface area (Å²) < 4.78 is 45.9. The molecule has 0 fully saturated rings. The van der Waals surface area contributed by atoms with Crippen LogP contribution in [0.15, 0.2) is 84.9 Å². The van der Waals surface area contributed by atoms with E-state index in [-0.39, 0.29) is 31.5 Å². The molecule has 0 radical (unpaired) electrons. The van der Waals surface area contributed by atoms with E-state index in [9.17, 15) is 22.4 Å². The molecule has 0 heterocycles. The second-order valence-corrected chi connectivity index (χ2v) is 12.4. The lowest BCUT2D eigenvalue weighted by atomic mass is 10.0. The number of nitrogens with one attached hydrogen (secondary N) is 1. The molecule has 10 heteroatoms. The number of ether oxygens (including phenoxy) is 1. The van der Waals surface area contributed by atoms with Crippen LogP contribution in [-0.2, 0) is 43.9 Å². The lowest BCUT2D eigenvalue weighted by molar-refractivity contribution is -0.141. The average molecular weight is 598 g/mol. The van der Waals surface area contributed by atoms with E-state index in [4.69, 9.17) is 4.74 Å². The molecule has 0 aliphatic rings. The van der Waals surface area contributed by atoms with Crippen molar-refractivity contribution in [2.45, 2.75) is 51.9 Å². The van der Waals surface area contributed by atoms with Crippen LogP contribution in [0.2, 0.25) is 0 Å². The van der Waals surface area contributed by atoms with Gasteiger partial charge in [-0.2, -0.15) is 4.31 Å². The monoisotopic (exact) mass is 597 g/mol. The second kappa shape index (κ2) is 16.1. The quantitative estimate of drug-likeness (QED) is 0.250. The highest BCUT2D eigenvalue weighted by atomic mass is 32.2. The highest BCUT2D eigenvalue weighted by molar-refractivity contribution is 7.88. The van der Waals surface area contributed by atoms with Crippen LogP contribution < -0.4 is 5.32 Å². The molecule has 0 aromatic heterocycles. The predicted molar refractivity (Wildman–Crippen MR) is 161 cm³/mol. The first kappa shape index (κ1) is 32.9. The van der Waals surface area contributed by atoms with Crippen LogP contribution in [-0.4, -0.2) is 67.5 Å². The van der Waals surface area contributed by atoms with Crippen LogP contribution in [0.4, 0.5) is 4.39 Å². The van der Waals surface area contributed by atoms with Gasteiger partial charge in [-0.25, -0.2) is 12.8 Å². The molecule has 226 valence electrons. The largest absolute Gasteiger partial charge is 0.379 e. The predicted octanol–water partition coefficient (Wildman–Crippen LogP) is 4.16. The number of carbonyl (C=O) groups is 2. The molecule has 1 N–H and O–H groups in total. The van der Waals surface area contributed by atoms with Crippen molar-refractivity contribution in [1.82, 2.24) is 14.5 Å². The van der Waals surface area contributed by atoms with Crippen molar-refractivity contribution in [2.24, 2.45) is 0 Å². The van der Waals surface area contributed by atoms with Crippen molar-refractivity contribution in [3.8, 4) is 0 Å². The summed E-state index contributed by atoms with van der Waals surface area (Å²) >= 11 is 0. The Kier molecular flexibility index (Phi) is 12.7. The van der Waals surface area contributed by atoms with Gasteiger partial charge in [-0.3, -0.25) is 9.59 Å². The van der Waals surface area contributed by atoms with Gasteiger partial charge < -0.3 is 15.0 Å². The Morgan fingerprint density at radius 1 is 0.857 bits per heavy atom. The molecule has 3 aromatic rings. The topological polar surface area (TPSA) is 96.0 Å². The van der Waals surface area contributed by atoms with Gasteiger partial charge in [-0.15, -0.1) is 0 Å². The summed E-state index contributed by atoms with van der Waals surface area (Å²) in [6.07, 6.45) is 1.93. The number of hydrogen-bond acceptors (Lipinski definition) is 5.